The molecule has 0 bridgehead atoms. The van der Waals surface area contributed by atoms with Crippen molar-refractivity contribution < 1.29 is 27.9 Å². The van der Waals surface area contributed by atoms with E-state index in [2.05, 4.69) is 9.97 Å². The summed E-state index contributed by atoms with van der Waals surface area (Å²) in [5, 5.41) is 0. The fraction of sp³-hybridized carbons (Fsp3) is 0.133. The van der Waals surface area contributed by atoms with Crippen LogP contribution in [0.3, 0.4) is 0 Å². The lowest BCUT2D eigenvalue weighted by molar-refractivity contribution is 0.0985. The first-order valence-electron chi connectivity index (χ1n) is 12.1. The van der Waals surface area contributed by atoms with Crippen molar-refractivity contribution in [2.75, 3.05) is 14.2 Å². The van der Waals surface area contributed by atoms with Crippen molar-refractivity contribution in [3.05, 3.63) is 112 Å². The average molecular weight is 544 g/mol. The van der Waals surface area contributed by atoms with Gasteiger partial charge in [0.05, 0.1) is 36.3 Å². The molecule has 0 aliphatic carbocycles. The number of carbonyl (C=O) groups excluding carboxylic acids is 1. The zero-order valence-corrected chi connectivity index (χ0v) is 21.8. The van der Waals surface area contributed by atoms with Gasteiger partial charge in [0.15, 0.2) is 28.5 Å². The summed E-state index contributed by atoms with van der Waals surface area (Å²) in [6.45, 7) is 1.78. The van der Waals surface area contributed by atoms with Crippen LogP contribution in [0.5, 0.6) is 17.2 Å². The van der Waals surface area contributed by atoms with E-state index in [1.807, 2.05) is 0 Å². The Morgan fingerprint density at radius 2 is 1.73 bits per heavy atom. The Kier molecular flexibility index (Phi) is 7.24. The van der Waals surface area contributed by atoms with Crippen molar-refractivity contribution in [1.82, 2.24) is 14.7 Å². The lowest BCUT2D eigenvalue weighted by Crippen LogP contribution is -2.23. The minimum Gasteiger partial charge on any atom is -0.495 e. The number of pyridine rings is 3. The van der Waals surface area contributed by atoms with E-state index < -0.39 is 22.8 Å². The topological polar surface area (TPSA) is 92.5 Å². The largest absolute Gasteiger partial charge is 0.495 e. The Morgan fingerprint density at radius 3 is 2.42 bits per heavy atom. The Hall–Kier alpha value is -5.12. The minimum atomic E-state index is -0.699. The van der Waals surface area contributed by atoms with E-state index in [9.17, 15) is 14.0 Å². The monoisotopic (exact) mass is 543 g/mol. The molecule has 0 radical (unpaired) electrons. The Labute approximate surface area is 227 Å². The smallest absolute Gasteiger partial charge is 0.200 e. The summed E-state index contributed by atoms with van der Waals surface area (Å²) < 4.78 is 40.8. The first kappa shape index (κ1) is 26.5. The predicted octanol–water partition coefficient (Wildman–Crippen LogP) is 5.33. The average Bonchev–Trinajstić information content (AvgIpc) is 2.95. The number of fused-ring (bicyclic) bond motifs is 1. The lowest BCUT2D eigenvalue weighted by atomic mass is 10.00. The Balaban J connectivity index is 1.41. The molecule has 0 saturated carbocycles. The third kappa shape index (κ3) is 5.24. The molecule has 3 aromatic heterocycles. The predicted molar refractivity (Wildman–Crippen MR) is 144 cm³/mol. The van der Waals surface area contributed by atoms with E-state index in [0.717, 1.165) is 0 Å². The number of carbonyl (C=O) groups is 1. The van der Waals surface area contributed by atoms with Gasteiger partial charge in [0.2, 0.25) is 0 Å². The second-order valence-corrected chi connectivity index (χ2v) is 8.88. The van der Waals surface area contributed by atoms with Crippen molar-refractivity contribution in [1.29, 1.82) is 0 Å². The molecule has 10 heteroatoms. The molecule has 3 heterocycles. The van der Waals surface area contributed by atoms with Gasteiger partial charge in [-0.1, -0.05) is 18.2 Å². The van der Waals surface area contributed by atoms with E-state index in [0.29, 0.717) is 39.4 Å². The molecule has 0 unspecified atom stereocenters. The highest BCUT2D eigenvalue weighted by atomic mass is 19.1. The van der Waals surface area contributed by atoms with Crippen molar-refractivity contribution in [2.45, 2.75) is 13.3 Å². The van der Waals surface area contributed by atoms with Crippen LogP contribution in [0, 0.1) is 18.6 Å². The number of methoxy groups -OCH3 is 1. The van der Waals surface area contributed by atoms with Crippen LogP contribution in [0.4, 0.5) is 8.78 Å². The van der Waals surface area contributed by atoms with Gasteiger partial charge in [0, 0.05) is 30.3 Å². The molecule has 0 fully saturated rings. The van der Waals surface area contributed by atoms with Crippen LogP contribution in [-0.2, 0) is 6.42 Å². The Bertz CT molecular complexity index is 1800. The lowest BCUT2D eigenvalue weighted by Gasteiger charge is -2.12. The van der Waals surface area contributed by atoms with Gasteiger partial charge in [0.25, 0.3) is 0 Å². The van der Waals surface area contributed by atoms with E-state index in [4.69, 9.17) is 14.3 Å². The number of nitrogens with zero attached hydrogens (tertiary/aromatic N) is 3. The standard InChI is InChI=1S/C30H23F2N3O5/c1-17-28(38-2)14-24-29(34-17)27(10-11-33-24)40-26-9-4-18(12-23(26)32)13-25(36)22-16-35(39-3)15-21(30(22)37)19-5-7-20(31)8-6-19/h4-12,14-16H,13H2,1-3H3. The molecule has 0 aliphatic heterocycles. The third-order valence-electron chi connectivity index (χ3n) is 6.29. The van der Waals surface area contributed by atoms with Gasteiger partial charge >= 0.3 is 0 Å². The number of benzene rings is 2. The van der Waals surface area contributed by atoms with Crippen LogP contribution in [0.15, 0.2) is 78.0 Å². The second-order valence-electron chi connectivity index (χ2n) is 8.88. The molecule has 0 aliphatic rings. The molecular formula is C30H23F2N3O5. The van der Waals surface area contributed by atoms with Gasteiger partial charge in [0.1, 0.15) is 24.2 Å². The number of hydrogen-bond acceptors (Lipinski definition) is 7. The molecule has 0 N–H and O–H groups in total. The number of rotatable bonds is 8. The van der Waals surface area contributed by atoms with Gasteiger partial charge in [-0.05, 0) is 42.3 Å². The van der Waals surface area contributed by atoms with Crippen LogP contribution < -0.4 is 19.7 Å². The highest BCUT2D eigenvalue weighted by Gasteiger charge is 2.19. The number of halogens is 2. The van der Waals surface area contributed by atoms with E-state index in [1.165, 1.54) is 73.9 Å². The summed E-state index contributed by atoms with van der Waals surface area (Å²) in [6, 6.07) is 12.7. The fourth-order valence-electron chi connectivity index (χ4n) is 4.24. The molecule has 5 rings (SSSR count). The number of Topliss-reactive ketones (excluding diaryl/α,β-unsaturated/α-hetero) is 1. The van der Waals surface area contributed by atoms with Gasteiger partial charge in [-0.15, -0.1) is 0 Å². The van der Waals surface area contributed by atoms with Crippen molar-refractivity contribution in [3.8, 4) is 28.4 Å². The molecule has 202 valence electrons. The number of aromatic nitrogens is 3. The Morgan fingerprint density at radius 1 is 0.950 bits per heavy atom. The van der Waals surface area contributed by atoms with Crippen LogP contribution in [0.2, 0.25) is 0 Å². The molecule has 0 amide bonds. The van der Waals surface area contributed by atoms with Crippen molar-refractivity contribution in [2.24, 2.45) is 0 Å². The first-order valence-corrected chi connectivity index (χ1v) is 12.1. The van der Waals surface area contributed by atoms with Gasteiger partial charge in [-0.2, -0.15) is 4.73 Å². The fourth-order valence-corrected chi connectivity index (χ4v) is 4.24. The van der Waals surface area contributed by atoms with Crippen LogP contribution >= 0.6 is 0 Å². The molecule has 5 aromatic rings. The third-order valence-corrected chi connectivity index (χ3v) is 6.29. The molecule has 8 nitrogen and oxygen atoms in total. The molecule has 0 saturated heterocycles. The maximum atomic E-state index is 15.1. The quantitative estimate of drug-likeness (QED) is 0.244. The van der Waals surface area contributed by atoms with E-state index in [1.54, 1.807) is 25.1 Å². The van der Waals surface area contributed by atoms with Crippen LogP contribution in [0.25, 0.3) is 22.2 Å². The van der Waals surface area contributed by atoms with Crippen molar-refractivity contribution >= 4 is 16.8 Å². The molecule has 40 heavy (non-hydrogen) atoms. The summed E-state index contributed by atoms with van der Waals surface area (Å²) in [7, 11) is 2.91. The summed E-state index contributed by atoms with van der Waals surface area (Å²) in [5.41, 5.74) is 1.81. The normalized spacial score (nSPS) is 10.9. The second kappa shape index (κ2) is 10.9. The SMILES string of the molecule is COc1cc2nccc(Oc3ccc(CC(=O)c4cn(OC)cc(-c5ccc(F)cc5)c4=O)cc3F)c2nc1C. The molecule has 0 atom stereocenters. The minimum absolute atomic E-state index is 0.0704. The summed E-state index contributed by atoms with van der Waals surface area (Å²) >= 11 is 0. The van der Waals surface area contributed by atoms with Crippen LogP contribution in [0.1, 0.15) is 21.6 Å². The molecule has 2 aromatic carbocycles. The van der Waals surface area contributed by atoms with Gasteiger partial charge < -0.3 is 14.3 Å². The summed E-state index contributed by atoms with van der Waals surface area (Å²) in [5.74, 6) is -0.898. The number of aryl methyl sites for hydroxylation is 1. The highest BCUT2D eigenvalue weighted by molar-refractivity contribution is 5.98. The summed E-state index contributed by atoms with van der Waals surface area (Å²) in [6.07, 6.45) is 3.95. The molecule has 0 spiro atoms. The zero-order valence-electron chi connectivity index (χ0n) is 21.8. The first-order chi connectivity index (χ1) is 19.3. The van der Waals surface area contributed by atoms with Gasteiger partial charge in [-0.3, -0.25) is 14.6 Å². The van der Waals surface area contributed by atoms with Crippen molar-refractivity contribution in [3.63, 3.8) is 0 Å². The highest BCUT2D eigenvalue weighted by Crippen LogP contribution is 2.32. The van der Waals surface area contributed by atoms with Crippen LogP contribution in [-0.4, -0.2) is 34.7 Å². The van der Waals surface area contributed by atoms with E-state index >= 15 is 4.39 Å². The maximum absolute atomic E-state index is 15.1. The molecular weight excluding hydrogens is 520 g/mol. The summed E-state index contributed by atoms with van der Waals surface area (Å²) in [4.78, 5) is 40.3. The number of hydrogen-bond donors (Lipinski definition) is 0. The number of ether oxygens (including phenoxy) is 2. The maximum Gasteiger partial charge on any atom is 0.200 e. The van der Waals surface area contributed by atoms with Gasteiger partial charge in [-0.25, -0.2) is 13.8 Å². The van der Waals surface area contributed by atoms with E-state index in [-0.39, 0.29) is 23.3 Å². The zero-order chi connectivity index (χ0) is 28.4. The number of ketones is 1.